The second kappa shape index (κ2) is 30.2. The zero-order valence-electron chi connectivity index (χ0n) is 30.2. The Labute approximate surface area is 281 Å². The maximum atomic E-state index is 12.5. The van der Waals surface area contributed by atoms with Gasteiger partial charge in [0.05, 0.1) is 40.3 Å². The molecule has 2 unspecified atom stereocenters. The van der Waals surface area contributed by atoms with E-state index in [1.54, 1.807) is 21.1 Å². The molecule has 2 atom stereocenters. The fourth-order valence-electron chi connectivity index (χ4n) is 5.16. The maximum absolute atomic E-state index is 12.5. The molecular formula is C38H69NO7. The first kappa shape index (κ1) is 43.8. The van der Waals surface area contributed by atoms with Gasteiger partial charge in [-0.15, -0.1) is 0 Å². The first-order valence-corrected chi connectivity index (χ1v) is 18.4. The first-order valence-electron chi connectivity index (χ1n) is 18.4. The molecule has 0 rings (SSSR count). The molecule has 0 spiro atoms. The van der Waals surface area contributed by atoms with Crippen molar-refractivity contribution in [1.29, 1.82) is 0 Å². The van der Waals surface area contributed by atoms with E-state index in [4.69, 9.17) is 14.2 Å². The monoisotopic (exact) mass is 652 g/mol. The van der Waals surface area contributed by atoms with Crippen LogP contribution in [0.15, 0.2) is 24.3 Å². The van der Waals surface area contributed by atoms with Gasteiger partial charge in [0.1, 0.15) is 12.6 Å². The molecule has 0 bridgehead atoms. The number of hydrogen-bond donors (Lipinski definition) is 0. The summed E-state index contributed by atoms with van der Waals surface area (Å²) in [7, 11) is 5.38. The molecule has 0 aromatic heterocycles. The fraction of sp³-hybridized carbons (Fsp3) is 0.816. The van der Waals surface area contributed by atoms with Crippen LogP contribution in [0, 0.1) is 0 Å². The van der Waals surface area contributed by atoms with Crippen molar-refractivity contribution in [2.24, 2.45) is 0 Å². The van der Waals surface area contributed by atoms with Crippen LogP contribution in [0.4, 0.5) is 0 Å². The van der Waals surface area contributed by atoms with Gasteiger partial charge in [0.15, 0.2) is 6.10 Å². The third-order valence-corrected chi connectivity index (χ3v) is 8.09. The fourth-order valence-corrected chi connectivity index (χ4v) is 5.16. The number of hydrogen-bond acceptors (Lipinski definition) is 7. The van der Waals surface area contributed by atoms with Crippen molar-refractivity contribution < 1.29 is 38.2 Å². The second-order valence-corrected chi connectivity index (χ2v) is 13.5. The van der Waals surface area contributed by atoms with Crippen LogP contribution < -0.4 is 5.11 Å². The summed E-state index contributed by atoms with van der Waals surface area (Å²) in [6.45, 7) is 4.45. The lowest BCUT2D eigenvalue weighted by Crippen LogP contribution is -2.55. The van der Waals surface area contributed by atoms with Gasteiger partial charge in [-0.25, -0.2) is 0 Å². The summed E-state index contributed by atoms with van der Waals surface area (Å²) in [4.78, 5) is 36.1. The lowest BCUT2D eigenvalue weighted by Gasteiger charge is -2.34. The van der Waals surface area contributed by atoms with E-state index in [2.05, 4.69) is 38.2 Å². The van der Waals surface area contributed by atoms with Crippen LogP contribution in [0.3, 0.4) is 0 Å². The van der Waals surface area contributed by atoms with E-state index >= 15 is 0 Å². The highest BCUT2D eigenvalue weighted by Gasteiger charge is 2.25. The minimum atomic E-state index is -1.13. The molecule has 46 heavy (non-hydrogen) atoms. The van der Waals surface area contributed by atoms with Crippen LogP contribution in [0.1, 0.15) is 149 Å². The van der Waals surface area contributed by atoms with Gasteiger partial charge >= 0.3 is 11.9 Å². The number of unbranched alkanes of at least 4 members (excludes halogenated alkanes) is 14. The van der Waals surface area contributed by atoms with Crippen molar-refractivity contribution in [2.75, 3.05) is 41.0 Å². The van der Waals surface area contributed by atoms with E-state index in [1.165, 1.54) is 70.6 Å². The normalized spacial score (nSPS) is 13.3. The number of carbonyl (C=O) groups excluding carboxylic acids is 3. The largest absolute Gasteiger partial charge is 0.544 e. The number of carboxylic acids is 1. The maximum Gasteiger partial charge on any atom is 0.306 e. The molecule has 0 amide bonds. The zero-order chi connectivity index (χ0) is 34.3. The summed E-state index contributed by atoms with van der Waals surface area (Å²) in [5.74, 6) is -1.77. The van der Waals surface area contributed by atoms with Crippen molar-refractivity contribution in [2.45, 2.75) is 161 Å². The number of nitrogens with zero attached hydrogens (tertiary/aromatic N) is 1. The topological polar surface area (TPSA) is 102 Å². The Kier molecular flexibility index (Phi) is 28.7. The van der Waals surface area contributed by atoms with Crippen molar-refractivity contribution in [3.63, 3.8) is 0 Å². The minimum absolute atomic E-state index is 0.0394. The summed E-state index contributed by atoms with van der Waals surface area (Å²) in [5.41, 5.74) is 0. The molecule has 0 N–H and O–H groups in total. The van der Waals surface area contributed by atoms with E-state index in [1.807, 2.05) is 0 Å². The Morgan fingerprint density at radius 2 is 1.15 bits per heavy atom. The smallest absolute Gasteiger partial charge is 0.306 e. The third kappa shape index (κ3) is 28.1. The minimum Gasteiger partial charge on any atom is -0.544 e. The van der Waals surface area contributed by atoms with Crippen LogP contribution in [0.2, 0.25) is 0 Å². The van der Waals surface area contributed by atoms with Gasteiger partial charge in [-0.3, -0.25) is 9.59 Å². The summed E-state index contributed by atoms with van der Waals surface area (Å²) >= 11 is 0. The van der Waals surface area contributed by atoms with Crippen molar-refractivity contribution in [3.05, 3.63) is 24.3 Å². The van der Waals surface area contributed by atoms with Gasteiger partial charge in [0.2, 0.25) is 0 Å². The van der Waals surface area contributed by atoms with E-state index in [0.29, 0.717) is 12.8 Å². The summed E-state index contributed by atoms with van der Waals surface area (Å²) in [6.07, 6.45) is 29.9. The molecule has 0 saturated heterocycles. The second-order valence-electron chi connectivity index (χ2n) is 13.5. The van der Waals surface area contributed by atoms with Crippen LogP contribution in [0.5, 0.6) is 0 Å². The Morgan fingerprint density at radius 3 is 1.72 bits per heavy atom. The van der Waals surface area contributed by atoms with Crippen molar-refractivity contribution in [3.8, 4) is 0 Å². The molecule has 0 aliphatic carbocycles. The Bertz CT molecular complexity index is 818. The molecule has 0 fully saturated rings. The number of allylic oxidation sites excluding steroid dienone is 4. The quantitative estimate of drug-likeness (QED) is 0.0319. The molecule has 0 aromatic rings. The predicted molar refractivity (Wildman–Crippen MR) is 185 cm³/mol. The Hall–Kier alpha value is -2.19. The zero-order valence-corrected chi connectivity index (χ0v) is 30.2. The molecule has 0 aliphatic heterocycles. The molecular weight excluding hydrogens is 582 g/mol. The highest BCUT2D eigenvalue weighted by Crippen LogP contribution is 2.13. The SMILES string of the molecule is CCCCC/C=C\C/C=C\CCCCCCCCCCCC(=O)OC(COCCC(C(=O)[O-])[N+](C)(C)C)COC(=O)CCCCC. The molecule has 268 valence electrons. The van der Waals surface area contributed by atoms with Gasteiger partial charge in [0.25, 0.3) is 0 Å². The number of quaternary nitrogens is 1. The van der Waals surface area contributed by atoms with Gasteiger partial charge in [0, 0.05) is 19.3 Å². The summed E-state index contributed by atoms with van der Waals surface area (Å²) < 4.78 is 16.9. The molecule has 0 aliphatic rings. The van der Waals surface area contributed by atoms with Crippen molar-refractivity contribution in [1.82, 2.24) is 0 Å². The van der Waals surface area contributed by atoms with Crippen LogP contribution in [-0.4, -0.2) is 75.5 Å². The molecule has 0 saturated carbocycles. The van der Waals surface area contributed by atoms with E-state index in [0.717, 1.165) is 44.9 Å². The number of aliphatic carboxylic acids is 1. The molecule has 8 heteroatoms. The lowest BCUT2D eigenvalue weighted by molar-refractivity contribution is -0.889. The third-order valence-electron chi connectivity index (χ3n) is 8.09. The highest BCUT2D eigenvalue weighted by atomic mass is 16.6. The molecule has 0 heterocycles. The highest BCUT2D eigenvalue weighted by molar-refractivity contribution is 5.70. The lowest BCUT2D eigenvalue weighted by atomic mass is 10.1. The molecule has 0 radical (unpaired) electrons. The van der Waals surface area contributed by atoms with Crippen molar-refractivity contribution >= 4 is 17.9 Å². The summed E-state index contributed by atoms with van der Waals surface area (Å²) in [5, 5.41) is 11.5. The van der Waals surface area contributed by atoms with E-state index in [-0.39, 0.29) is 42.7 Å². The van der Waals surface area contributed by atoms with Crippen LogP contribution >= 0.6 is 0 Å². The Balaban J connectivity index is 4.15. The van der Waals surface area contributed by atoms with Gasteiger partial charge in [-0.05, 0) is 44.9 Å². The first-order chi connectivity index (χ1) is 22.1. The van der Waals surface area contributed by atoms with Crippen LogP contribution in [-0.2, 0) is 28.6 Å². The number of carboxylic acid groups (broad SMARTS) is 1. The Morgan fingerprint density at radius 1 is 0.652 bits per heavy atom. The standard InChI is InChI=1S/C38H69NO7/c1-6-8-10-11-12-13-14-15-16-17-18-19-20-21-22-23-24-25-27-29-37(41)46-34(33-45-36(40)28-26-9-7-2)32-44-31-30-35(38(42)43)39(3,4)5/h12-13,15-16,34-35H,6-11,14,17-33H2,1-5H3/b13-12-,16-15-. The number of carbonyl (C=O) groups is 3. The van der Waals surface area contributed by atoms with Gasteiger partial charge in [-0.2, -0.15) is 0 Å². The van der Waals surface area contributed by atoms with Crippen LogP contribution in [0.25, 0.3) is 0 Å². The average Bonchev–Trinajstić information content (AvgIpc) is 3.00. The van der Waals surface area contributed by atoms with Gasteiger partial charge < -0.3 is 28.6 Å². The van der Waals surface area contributed by atoms with E-state index in [9.17, 15) is 19.5 Å². The molecule has 8 nitrogen and oxygen atoms in total. The number of rotatable bonds is 32. The van der Waals surface area contributed by atoms with Gasteiger partial charge in [-0.1, -0.05) is 109 Å². The average molecular weight is 652 g/mol. The predicted octanol–water partition coefficient (Wildman–Crippen LogP) is 7.63. The molecule has 0 aromatic carbocycles. The summed E-state index contributed by atoms with van der Waals surface area (Å²) in [6, 6.07) is -0.720. The number of likely N-dealkylation sites (N-methyl/N-ethyl adjacent to an activating group) is 1. The number of ether oxygens (including phenoxy) is 3. The number of esters is 2. The van der Waals surface area contributed by atoms with E-state index < -0.39 is 18.1 Å².